The number of ether oxygens (including phenoxy) is 2. The first-order valence-corrected chi connectivity index (χ1v) is 8.76. The van der Waals surface area contributed by atoms with E-state index in [1.807, 2.05) is 54.7 Å². The number of hydrogen-bond donors (Lipinski definition) is 0. The summed E-state index contributed by atoms with van der Waals surface area (Å²) >= 11 is 0. The smallest absolute Gasteiger partial charge is 0.119 e. The van der Waals surface area contributed by atoms with Crippen LogP contribution in [0.1, 0.15) is 5.82 Å². The van der Waals surface area contributed by atoms with Gasteiger partial charge >= 0.3 is 0 Å². The van der Waals surface area contributed by atoms with Gasteiger partial charge in [-0.2, -0.15) is 0 Å². The number of para-hydroxylation sites is 2. The molecule has 4 aromatic rings. The largest absolute Gasteiger partial charge is 0.492 e. The fourth-order valence-electron chi connectivity index (χ4n) is 3.21. The molecule has 2 heterocycles. The third kappa shape index (κ3) is 3.26. The SMILES string of the molecule is COCCc1nc2cnc3ccccc3c2n1CCOc1ccccc1. The third-order valence-electron chi connectivity index (χ3n) is 4.42. The number of rotatable bonds is 7. The van der Waals surface area contributed by atoms with Crippen LogP contribution in [0.25, 0.3) is 21.9 Å². The predicted molar refractivity (Wildman–Crippen MR) is 103 cm³/mol. The van der Waals surface area contributed by atoms with Crippen molar-refractivity contribution in [3.63, 3.8) is 0 Å². The van der Waals surface area contributed by atoms with Crippen molar-refractivity contribution in [1.82, 2.24) is 14.5 Å². The van der Waals surface area contributed by atoms with E-state index in [9.17, 15) is 0 Å². The summed E-state index contributed by atoms with van der Waals surface area (Å²) in [5.41, 5.74) is 3.00. The molecule has 0 aliphatic carbocycles. The van der Waals surface area contributed by atoms with Gasteiger partial charge in [0.05, 0.1) is 30.4 Å². The summed E-state index contributed by atoms with van der Waals surface area (Å²) in [5, 5.41) is 1.11. The zero-order valence-electron chi connectivity index (χ0n) is 14.8. The van der Waals surface area contributed by atoms with Gasteiger partial charge in [-0.15, -0.1) is 0 Å². The average molecular weight is 347 g/mol. The van der Waals surface area contributed by atoms with Gasteiger partial charge in [-0.3, -0.25) is 4.98 Å². The molecule has 0 spiro atoms. The number of fused-ring (bicyclic) bond motifs is 3. The minimum Gasteiger partial charge on any atom is -0.492 e. The van der Waals surface area contributed by atoms with Crippen LogP contribution in [0.2, 0.25) is 0 Å². The van der Waals surface area contributed by atoms with Crippen molar-refractivity contribution in [2.75, 3.05) is 20.3 Å². The first kappa shape index (κ1) is 16.5. The molecule has 0 fully saturated rings. The molecule has 5 heteroatoms. The standard InChI is InChI=1S/C21H21N3O2/c1-25-13-11-20-23-19-15-22-18-10-6-5-9-17(18)21(19)24(20)12-14-26-16-7-3-2-4-8-16/h2-10,15H,11-14H2,1H3. The Bertz CT molecular complexity index is 1010. The number of pyridine rings is 1. The number of methoxy groups -OCH3 is 1. The van der Waals surface area contributed by atoms with Crippen LogP contribution in [0, 0.1) is 0 Å². The van der Waals surface area contributed by atoms with Crippen LogP contribution in [0.4, 0.5) is 0 Å². The van der Waals surface area contributed by atoms with Gasteiger partial charge in [0.1, 0.15) is 23.7 Å². The molecule has 2 aromatic heterocycles. The Hall–Kier alpha value is -2.92. The fraction of sp³-hybridized carbons (Fsp3) is 0.238. The lowest BCUT2D eigenvalue weighted by Gasteiger charge is -2.11. The molecule has 0 radical (unpaired) electrons. The van der Waals surface area contributed by atoms with E-state index >= 15 is 0 Å². The van der Waals surface area contributed by atoms with Crippen molar-refractivity contribution in [3.05, 3.63) is 66.6 Å². The molecule has 0 unspecified atom stereocenters. The molecule has 0 saturated heterocycles. The molecule has 0 N–H and O–H groups in total. The van der Waals surface area contributed by atoms with E-state index in [2.05, 4.69) is 15.6 Å². The van der Waals surface area contributed by atoms with Gasteiger partial charge in [0.2, 0.25) is 0 Å². The van der Waals surface area contributed by atoms with E-state index < -0.39 is 0 Å². The quantitative estimate of drug-likeness (QED) is 0.509. The number of benzene rings is 2. The lowest BCUT2D eigenvalue weighted by molar-refractivity contribution is 0.199. The summed E-state index contributed by atoms with van der Waals surface area (Å²) in [5.74, 6) is 1.87. The second-order valence-electron chi connectivity index (χ2n) is 6.09. The van der Waals surface area contributed by atoms with Crippen molar-refractivity contribution in [1.29, 1.82) is 0 Å². The zero-order valence-corrected chi connectivity index (χ0v) is 14.8. The molecule has 0 amide bonds. The van der Waals surface area contributed by atoms with E-state index in [1.54, 1.807) is 7.11 Å². The van der Waals surface area contributed by atoms with Gasteiger partial charge < -0.3 is 14.0 Å². The van der Waals surface area contributed by atoms with Crippen LogP contribution in [-0.2, 0) is 17.7 Å². The summed E-state index contributed by atoms with van der Waals surface area (Å²) in [6.45, 7) is 1.93. The average Bonchev–Trinajstić information content (AvgIpc) is 3.05. The number of hydrogen-bond acceptors (Lipinski definition) is 4. The van der Waals surface area contributed by atoms with Gasteiger partial charge in [0.25, 0.3) is 0 Å². The molecule has 26 heavy (non-hydrogen) atoms. The Balaban J connectivity index is 1.70. The number of imidazole rings is 1. The maximum absolute atomic E-state index is 5.90. The van der Waals surface area contributed by atoms with Gasteiger partial charge in [-0.25, -0.2) is 4.98 Å². The first-order valence-electron chi connectivity index (χ1n) is 8.76. The van der Waals surface area contributed by atoms with Crippen LogP contribution >= 0.6 is 0 Å². The first-order chi connectivity index (χ1) is 12.9. The predicted octanol–water partition coefficient (Wildman–Crippen LogP) is 3.85. The second kappa shape index (κ2) is 7.54. The van der Waals surface area contributed by atoms with Crippen molar-refractivity contribution >= 4 is 21.9 Å². The minimum absolute atomic E-state index is 0.576. The Morgan fingerprint density at radius 1 is 0.923 bits per heavy atom. The minimum atomic E-state index is 0.576. The van der Waals surface area contributed by atoms with E-state index in [0.717, 1.165) is 46.5 Å². The summed E-state index contributed by atoms with van der Waals surface area (Å²) in [6.07, 6.45) is 2.60. The second-order valence-corrected chi connectivity index (χ2v) is 6.09. The highest BCUT2D eigenvalue weighted by atomic mass is 16.5. The Morgan fingerprint density at radius 3 is 2.58 bits per heavy atom. The van der Waals surface area contributed by atoms with Gasteiger partial charge in [-0.05, 0) is 18.2 Å². The number of aromatic nitrogens is 3. The molecule has 132 valence electrons. The summed E-state index contributed by atoms with van der Waals surface area (Å²) in [4.78, 5) is 9.32. The van der Waals surface area contributed by atoms with Gasteiger partial charge in [0.15, 0.2) is 0 Å². The van der Waals surface area contributed by atoms with Crippen LogP contribution < -0.4 is 4.74 Å². The number of nitrogens with zero attached hydrogens (tertiary/aromatic N) is 3. The molecule has 0 atom stereocenters. The molecule has 4 rings (SSSR count). The van der Waals surface area contributed by atoms with E-state index in [1.165, 1.54) is 0 Å². The van der Waals surface area contributed by atoms with Crippen molar-refractivity contribution in [3.8, 4) is 5.75 Å². The van der Waals surface area contributed by atoms with Crippen LogP contribution in [0.3, 0.4) is 0 Å². The van der Waals surface area contributed by atoms with Crippen molar-refractivity contribution in [2.24, 2.45) is 0 Å². The fourth-order valence-corrected chi connectivity index (χ4v) is 3.21. The van der Waals surface area contributed by atoms with Gasteiger partial charge in [0, 0.05) is 18.9 Å². The maximum atomic E-state index is 5.90. The lowest BCUT2D eigenvalue weighted by Crippen LogP contribution is -2.12. The Labute approximate surface area is 152 Å². The van der Waals surface area contributed by atoms with E-state index in [4.69, 9.17) is 14.5 Å². The molecule has 0 aliphatic heterocycles. The summed E-state index contributed by atoms with van der Waals surface area (Å²) in [6, 6.07) is 18.0. The normalized spacial score (nSPS) is 11.3. The van der Waals surface area contributed by atoms with E-state index in [-0.39, 0.29) is 0 Å². The van der Waals surface area contributed by atoms with Crippen LogP contribution in [-0.4, -0.2) is 34.9 Å². The zero-order chi connectivity index (χ0) is 17.8. The maximum Gasteiger partial charge on any atom is 0.119 e. The van der Waals surface area contributed by atoms with Crippen LogP contribution in [0.15, 0.2) is 60.8 Å². The Morgan fingerprint density at radius 2 is 1.73 bits per heavy atom. The molecule has 0 saturated carbocycles. The lowest BCUT2D eigenvalue weighted by atomic mass is 10.2. The van der Waals surface area contributed by atoms with E-state index in [0.29, 0.717) is 13.2 Å². The molecular formula is C21H21N3O2. The highest BCUT2D eigenvalue weighted by Crippen LogP contribution is 2.25. The Kier molecular flexibility index (Phi) is 4.80. The van der Waals surface area contributed by atoms with Crippen molar-refractivity contribution in [2.45, 2.75) is 13.0 Å². The topological polar surface area (TPSA) is 49.2 Å². The molecule has 2 aromatic carbocycles. The highest BCUT2D eigenvalue weighted by Gasteiger charge is 2.14. The van der Waals surface area contributed by atoms with Crippen molar-refractivity contribution < 1.29 is 9.47 Å². The monoisotopic (exact) mass is 347 g/mol. The third-order valence-corrected chi connectivity index (χ3v) is 4.42. The molecular weight excluding hydrogens is 326 g/mol. The highest BCUT2D eigenvalue weighted by molar-refractivity contribution is 6.02. The molecule has 5 nitrogen and oxygen atoms in total. The van der Waals surface area contributed by atoms with Crippen LogP contribution in [0.5, 0.6) is 5.75 Å². The molecule has 0 aliphatic rings. The molecule has 0 bridgehead atoms. The summed E-state index contributed by atoms with van der Waals surface area (Å²) in [7, 11) is 1.71. The van der Waals surface area contributed by atoms with Gasteiger partial charge in [-0.1, -0.05) is 36.4 Å². The summed E-state index contributed by atoms with van der Waals surface area (Å²) < 4.78 is 13.4.